The molecule has 0 amide bonds. The van der Waals surface area contributed by atoms with E-state index in [1.807, 2.05) is 19.9 Å². The smallest absolute Gasteiger partial charge is 0.305 e. The minimum absolute atomic E-state index is 0.0380. The number of nitriles is 1. The normalized spacial score (nSPS) is 12.0. The second-order valence-corrected chi connectivity index (χ2v) is 7.71. The number of thiazole rings is 1. The molecule has 0 spiro atoms. The Hall–Kier alpha value is -1.17. The first-order valence-corrected chi connectivity index (χ1v) is 8.11. The zero-order valence-electron chi connectivity index (χ0n) is 11.1. The summed E-state index contributed by atoms with van der Waals surface area (Å²) in [5, 5.41) is 8.62. The fraction of sp³-hybridized carbons (Fsp3) is 0.636. The molecule has 0 aliphatic heterocycles. The van der Waals surface area contributed by atoms with E-state index < -0.39 is 10.0 Å². The number of aryl methyl sites for hydroxylation is 1. The summed E-state index contributed by atoms with van der Waals surface area (Å²) in [6, 6.07) is 1.94. The average Bonchev–Trinajstić information content (AvgIpc) is 2.63. The van der Waals surface area contributed by atoms with Crippen LogP contribution in [0.2, 0.25) is 0 Å². The van der Waals surface area contributed by atoms with Gasteiger partial charge in [0, 0.05) is 25.2 Å². The molecule has 0 saturated heterocycles. The van der Waals surface area contributed by atoms with E-state index in [-0.39, 0.29) is 28.0 Å². The van der Waals surface area contributed by atoms with Gasteiger partial charge in [-0.1, -0.05) is 25.2 Å². The molecule has 0 unspecified atom stereocenters. The fourth-order valence-electron chi connectivity index (χ4n) is 1.65. The van der Waals surface area contributed by atoms with Crippen molar-refractivity contribution < 1.29 is 8.42 Å². The van der Waals surface area contributed by atoms with Crippen LogP contribution in [0.15, 0.2) is 9.00 Å². The predicted octanol–water partition coefficient (Wildman–Crippen LogP) is 1.31. The number of rotatable bonds is 6. The quantitative estimate of drug-likeness (QED) is 0.857. The van der Waals surface area contributed by atoms with Crippen LogP contribution in [0.3, 0.4) is 0 Å². The second kappa shape index (κ2) is 6.32. The molecule has 1 N–H and O–H groups in total. The van der Waals surface area contributed by atoms with Gasteiger partial charge in [0.2, 0.25) is 0 Å². The van der Waals surface area contributed by atoms with Crippen LogP contribution in [0.5, 0.6) is 0 Å². The summed E-state index contributed by atoms with van der Waals surface area (Å²) in [7, 11) is -3.71. The van der Waals surface area contributed by atoms with E-state index in [1.54, 1.807) is 6.92 Å². The van der Waals surface area contributed by atoms with Gasteiger partial charge < -0.3 is 4.98 Å². The van der Waals surface area contributed by atoms with E-state index in [1.165, 1.54) is 4.31 Å². The predicted molar refractivity (Wildman–Crippen MR) is 73.5 cm³/mol. The minimum Gasteiger partial charge on any atom is -0.315 e. The summed E-state index contributed by atoms with van der Waals surface area (Å²) < 4.78 is 26.3. The lowest BCUT2D eigenvalue weighted by Gasteiger charge is -2.22. The van der Waals surface area contributed by atoms with Crippen LogP contribution >= 0.6 is 11.3 Å². The highest BCUT2D eigenvalue weighted by atomic mass is 32.2. The standard InChI is InChI=1S/C11H17N3O3S2/c1-8(2)7-14(6-4-5-12)19(16,17)10-9(3)13-11(15)18-10/h8H,4,6-7H2,1-3H3,(H,13,15). The Labute approximate surface area is 116 Å². The van der Waals surface area contributed by atoms with Gasteiger partial charge in [0.15, 0.2) is 4.21 Å². The molecule has 1 rings (SSSR count). The Morgan fingerprint density at radius 2 is 2.11 bits per heavy atom. The van der Waals surface area contributed by atoms with Crippen molar-refractivity contribution in [3.05, 3.63) is 15.4 Å². The molecule has 0 atom stereocenters. The van der Waals surface area contributed by atoms with Gasteiger partial charge in [-0.15, -0.1) is 0 Å². The van der Waals surface area contributed by atoms with E-state index >= 15 is 0 Å². The van der Waals surface area contributed by atoms with Crippen molar-refractivity contribution in [3.63, 3.8) is 0 Å². The van der Waals surface area contributed by atoms with Crippen molar-refractivity contribution in [1.29, 1.82) is 5.26 Å². The first kappa shape index (κ1) is 15.9. The van der Waals surface area contributed by atoms with Crippen LogP contribution in [-0.2, 0) is 10.0 Å². The number of nitrogens with one attached hydrogen (secondary N) is 1. The molecule has 0 aliphatic carbocycles. The first-order valence-electron chi connectivity index (χ1n) is 5.85. The van der Waals surface area contributed by atoms with Crippen molar-refractivity contribution in [2.75, 3.05) is 13.1 Å². The lowest BCUT2D eigenvalue weighted by molar-refractivity contribution is 0.373. The van der Waals surface area contributed by atoms with Crippen molar-refractivity contribution in [2.45, 2.75) is 31.4 Å². The van der Waals surface area contributed by atoms with Gasteiger partial charge in [0.1, 0.15) is 0 Å². The van der Waals surface area contributed by atoms with Gasteiger partial charge in [-0.25, -0.2) is 8.42 Å². The average molecular weight is 303 g/mol. The van der Waals surface area contributed by atoms with Gasteiger partial charge in [0.25, 0.3) is 10.0 Å². The van der Waals surface area contributed by atoms with Gasteiger partial charge in [-0.05, 0) is 12.8 Å². The molecular formula is C11H17N3O3S2. The molecule has 1 aromatic rings. The summed E-state index contributed by atoms with van der Waals surface area (Å²) in [5.74, 6) is 0.143. The maximum absolute atomic E-state index is 12.5. The molecule has 8 heteroatoms. The summed E-state index contributed by atoms with van der Waals surface area (Å²) in [6.45, 7) is 5.84. The third-order valence-electron chi connectivity index (χ3n) is 2.40. The monoisotopic (exact) mass is 303 g/mol. The van der Waals surface area contributed by atoms with Gasteiger partial charge in [0.05, 0.1) is 6.07 Å². The maximum atomic E-state index is 12.5. The summed E-state index contributed by atoms with van der Waals surface area (Å²) in [5.41, 5.74) is 0.348. The van der Waals surface area contributed by atoms with E-state index in [0.29, 0.717) is 23.6 Å². The van der Waals surface area contributed by atoms with Crippen LogP contribution in [0.1, 0.15) is 26.0 Å². The Bertz CT molecular complexity index is 622. The summed E-state index contributed by atoms with van der Waals surface area (Å²) in [4.78, 5) is 13.3. The molecule has 0 saturated carbocycles. The van der Waals surface area contributed by atoms with Crippen LogP contribution in [0.4, 0.5) is 0 Å². The van der Waals surface area contributed by atoms with Crippen molar-refractivity contribution in [3.8, 4) is 6.07 Å². The number of aromatic amines is 1. The third kappa shape index (κ3) is 3.89. The van der Waals surface area contributed by atoms with Crippen LogP contribution in [-0.4, -0.2) is 30.8 Å². The number of sulfonamides is 1. The van der Waals surface area contributed by atoms with E-state index in [0.717, 1.165) is 0 Å². The Morgan fingerprint density at radius 1 is 1.47 bits per heavy atom. The molecule has 19 heavy (non-hydrogen) atoms. The number of hydrogen-bond acceptors (Lipinski definition) is 5. The topological polar surface area (TPSA) is 94.0 Å². The van der Waals surface area contributed by atoms with Gasteiger partial charge in [-0.3, -0.25) is 4.79 Å². The molecule has 1 heterocycles. The Balaban J connectivity index is 3.15. The zero-order chi connectivity index (χ0) is 14.6. The minimum atomic E-state index is -3.71. The van der Waals surface area contributed by atoms with Crippen molar-refractivity contribution in [1.82, 2.24) is 9.29 Å². The molecule has 0 radical (unpaired) electrons. The Morgan fingerprint density at radius 3 is 2.53 bits per heavy atom. The largest absolute Gasteiger partial charge is 0.315 e. The van der Waals surface area contributed by atoms with E-state index in [9.17, 15) is 13.2 Å². The second-order valence-electron chi connectivity index (χ2n) is 4.59. The molecule has 0 aliphatic rings. The molecule has 106 valence electrons. The molecule has 6 nitrogen and oxygen atoms in total. The van der Waals surface area contributed by atoms with E-state index in [2.05, 4.69) is 4.98 Å². The number of H-pyrrole nitrogens is 1. The van der Waals surface area contributed by atoms with Gasteiger partial charge in [-0.2, -0.15) is 9.57 Å². The number of nitrogens with zero attached hydrogens (tertiary/aromatic N) is 2. The molecule has 1 aromatic heterocycles. The highest BCUT2D eigenvalue weighted by Gasteiger charge is 2.28. The van der Waals surface area contributed by atoms with Crippen molar-refractivity contribution >= 4 is 21.4 Å². The molecule has 0 fully saturated rings. The van der Waals surface area contributed by atoms with Crippen LogP contribution in [0, 0.1) is 24.2 Å². The van der Waals surface area contributed by atoms with E-state index in [4.69, 9.17) is 5.26 Å². The zero-order valence-corrected chi connectivity index (χ0v) is 12.8. The van der Waals surface area contributed by atoms with Gasteiger partial charge >= 0.3 is 4.87 Å². The highest BCUT2D eigenvalue weighted by Crippen LogP contribution is 2.22. The lowest BCUT2D eigenvalue weighted by atomic mass is 10.2. The van der Waals surface area contributed by atoms with Crippen LogP contribution in [0.25, 0.3) is 0 Å². The maximum Gasteiger partial charge on any atom is 0.305 e. The Kier molecular flexibility index (Phi) is 5.29. The third-order valence-corrected chi connectivity index (χ3v) is 5.84. The SMILES string of the molecule is Cc1[nH]c(=O)sc1S(=O)(=O)N(CCC#N)CC(C)C. The fourth-order valence-corrected chi connectivity index (χ4v) is 4.68. The first-order chi connectivity index (χ1) is 8.78. The highest BCUT2D eigenvalue weighted by molar-refractivity contribution is 7.91. The molecule has 0 bridgehead atoms. The number of aromatic nitrogens is 1. The lowest BCUT2D eigenvalue weighted by Crippen LogP contribution is -2.35. The van der Waals surface area contributed by atoms with Crippen molar-refractivity contribution in [2.24, 2.45) is 5.92 Å². The summed E-state index contributed by atoms with van der Waals surface area (Å²) >= 11 is 0.687. The van der Waals surface area contributed by atoms with Crippen LogP contribution < -0.4 is 4.87 Å². The molecule has 0 aromatic carbocycles. The molecular weight excluding hydrogens is 286 g/mol. The summed E-state index contributed by atoms with van der Waals surface area (Å²) in [6.07, 6.45) is 0.129. The number of hydrogen-bond donors (Lipinski definition) is 1.